The van der Waals surface area contributed by atoms with Gasteiger partial charge in [0, 0.05) is 41.2 Å². The molecular formula is C30H22F2N8O2S. The van der Waals surface area contributed by atoms with Crippen LogP contribution in [-0.4, -0.2) is 50.8 Å². The lowest BCUT2D eigenvalue weighted by Crippen LogP contribution is -2.43. The summed E-state index contributed by atoms with van der Waals surface area (Å²) in [6.07, 6.45) is 3.42. The number of rotatable bonds is 5. The monoisotopic (exact) mass is 596 g/mol. The van der Waals surface area contributed by atoms with Crippen molar-refractivity contribution in [1.82, 2.24) is 20.3 Å². The van der Waals surface area contributed by atoms with Crippen molar-refractivity contribution in [1.29, 1.82) is 5.26 Å². The number of anilines is 2. The van der Waals surface area contributed by atoms with E-state index in [1.54, 1.807) is 30.3 Å². The molecular weight excluding hydrogens is 574 g/mol. The van der Waals surface area contributed by atoms with Gasteiger partial charge in [-0.25, -0.2) is 28.7 Å². The minimum Gasteiger partial charge on any atom is -0.338 e. The molecule has 2 N–H and O–H groups in total. The summed E-state index contributed by atoms with van der Waals surface area (Å²) in [5.41, 5.74) is 0.158. The molecule has 2 amide bonds. The average molecular weight is 597 g/mol. The lowest BCUT2D eigenvalue weighted by atomic mass is 9.81. The molecule has 2 atom stereocenters. The third-order valence-corrected chi connectivity index (χ3v) is 8.27. The number of thioether (sulfide) groups is 1. The minimum absolute atomic E-state index is 0.0828. The van der Waals surface area contributed by atoms with Gasteiger partial charge < -0.3 is 15.5 Å². The molecule has 43 heavy (non-hydrogen) atoms. The fraction of sp³-hybridized carbons (Fsp3) is 0.167. The maximum atomic E-state index is 15.7. The van der Waals surface area contributed by atoms with Crippen molar-refractivity contribution in [3.8, 4) is 6.07 Å². The Bertz CT molecular complexity index is 1760. The first-order valence-electron chi connectivity index (χ1n) is 13.1. The number of aromatic nitrogens is 3. The van der Waals surface area contributed by atoms with Crippen LogP contribution in [0.1, 0.15) is 32.0 Å². The topological polar surface area (TPSA) is 136 Å². The normalized spacial score (nSPS) is 19.1. The van der Waals surface area contributed by atoms with Crippen LogP contribution < -0.4 is 15.5 Å². The van der Waals surface area contributed by atoms with Gasteiger partial charge in [-0.1, -0.05) is 30.0 Å². The lowest BCUT2D eigenvalue weighted by Gasteiger charge is -2.35. The first-order valence-corrected chi connectivity index (χ1v) is 14.1. The quantitative estimate of drug-likeness (QED) is 0.351. The number of halogens is 2. The zero-order chi connectivity index (χ0) is 30.0. The smallest absolute Gasteiger partial charge is 0.274 e. The van der Waals surface area contributed by atoms with E-state index in [1.165, 1.54) is 48.3 Å². The summed E-state index contributed by atoms with van der Waals surface area (Å²) in [5.74, 6) is -1.52. The molecule has 0 saturated carbocycles. The van der Waals surface area contributed by atoms with Crippen molar-refractivity contribution >= 4 is 40.4 Å². The van der Waals surface area contributed by atoms with E-state index in [2.05, 4.69) is 25.6 Å². The standard InChI is InChI=1S/C30H22F2N8O2S/c31-21-13-35-28(36-14-21)40-15-20-16-43-29(38-26(41)19-4-2-1-3-5-19)39-30(20,17-40)23-10-22(7-8-24(23)32)37-27(42)25-9-6-18(11-33)12-34-25/h1-10,12-14,20H,15-17H2,(H,37,42)(H,38,39,41)/t20-,30?/m0/s1. The second-order valence-corrected chi connectivity index (χ2v) is 11.0. The van der Waals surface area contributed by atoms with E-state index in [9.17, 15) is 14.0 Å². The number of benzene rings is 2. The molecule has 2 aliphatic rings. The number of nitrogens with zero attached hydrogens (tertiary/aromatic N) is 6. The fourth-order valence-electron chi connectivity index (χ4n) is 5.15. The Balaban J connectivity index is 1.37. The van der Waals surface area contributed by atoms with E-state index >= 15 is 4.39 Å². The number of carbonyl (C=O) groups is 2. The molecule has 1 saturated heterocycles. The van der Waals surface area contributed by atoms with Crippen LogP contribution >= 0.6 is 11.8 Å². The molecule has 2 aromatic heterocycles. The molecule has 0 aliphatic carbocycles. The van der Waals surface area contributed by atoms with Gasteiger partial charge in [-0.05, 0) is 42.5 Å². The molecule has 13 heteroatoms. The Morgan fingerprint density at radius 2 is 1.77 bits per heavy atom. The van der Waals surface area contributed by atoms with Crippen molar-refractivity contribution in [2.75, 3.05) is 29.1 Å². The summed E-state index contributed by atoms with van der Waals surface area (Å²) < 4.78 is 29.3. The van der Waals surface area contributed by atoms with Gasteiger partial charge in [-0.3, -0.25) is 9.59 Å². The van der Waals surface area contributed by atoms with Crippen molar-refractivity contribution in [3.05, 3.63) is 113 Å². The summed E-state index contributed by atoms with van der Waals surface area (Å²) in [6, 6.07) is 17.7. The van der Waals surface area contributed by atoms with Crippen molar-refractivity contribution in [2.24, 2.45) is 10.9 Å². The van der Waals surface area contributed by atoms with Crippen molar-refractivity contribution in [2.45, 2.75) is 5.54 Å². The molecule has 214 valence electrons. The maximum Gasteiger partial charge on any atom is 0.274 e. The summed E-state index contributed by atoms with van der Waals surface area (Å²) >= 11 is 1.34. The zero-order valence-corrected chi connectivity index (χ0v) is 23.2. The maximum absolute atomic E-state index is 15.7. The molecule has 10 nitrogen and oxygen atoms in total. The first-order chi connectivity index (χ1) is 20.8. The van der Waals surface area contributed by atoms with Crippen LogP contribution in [0.15, 0.2) is 84.2 Å². The fourth-order valence-corrected chi connectivity index (χ4v) is 6.28. The lowest BCUT2D eigenvalue weighted by molar-refractivity contribution is 0.0976. The number of nitriles is 1. The highest BCUT2D eigenvalue weighted by Crippen LogP contribution is 2.47. The summed E-state index contributed by atoms with van der Waals surface area (Å²) in [7, 11) is 0. The van der Waals surface area contributed by atoms with Crippen LogP contribution in [-0.2, 0) is 5.54 Å². The number of pyridine rings is 1. The minimum atomic E-state index is -1.19. The Morgan fingerprint density at radius 3 is 2.49 bits per heavy atom. The molecule has 1 fully saturated rings. The predicted molar refractivity (Wildman–Crippen MR) is 156 cm³/mol. The highest BCUT2D eigenvalue weighted by atomic mass is 32.2. The van der Waals surface area contributed by atoms with Crippen LogP contribution in [0.5, 0.6) is 0 Å². The van der Waals surface area contributed by atoms with Gasteiger partial charge >= 0.3 is 0 Å². The van der Waals surface area contributed by atoms with Crippen LogP contribution in [0.3, 0.4) is 0 Å². The van der Waals surface area contributed by atoms with Gasteiger partial charge in [0.1, 0.15) is 23.1 Å². The molecule has 0 spiro atoms. The Hall–Kier alpha value is -5.22. The Labute approximate surface area is 248 Å². The number of carbonyl (C=O) groups excluding carboxylic acids is 2. The van der Waals surface area contributed by atoms with E-state index in [-0.39, 0.29) is 35.6 Å². The molecule has 4 heterocycles. The Morgan fingerprint density at radius 1 is 0.977 bits per heavy atom. The van der Waals surface area contributed by atoms with Gasteiger partial charge in [0.05, 0.1) is 24.5 Å². The summed E-state index contributed by atoms with van der Waals surface area (Å²) in [5, 5.41) is 14.9. The molecule has 4 aromatic rings. The van der Waals surface area contributed by atoms with E-state index in [4.69, 9.17) is 10.3 Å². The van der Waals surface area contributed by atoms with Crippen molar-refractivity contribution in [3.63, 3.8) is 0 Å². The highest BCUT2D eigenvalue weighted by Gasteiger charge is 2.52. The molecule has 2 aromatic carbocycles. The van der Waals surface area contributed by atoms with Gasteiger partial charge in [0.15, 0.2) is 11.0 Å². The van der Waals surface area contributed by atoms with Crippen LogP contribution in [0, 0.1) is 28.9 Å². The second-order valence-electron chi connectivity index (χ2n) is 9.94. The number of amidine groups is 1. The highest BCUT2D eigenvalue weighted by molar-refractivity contribution is 8.13. The number of amides is 2. The Kier molecular flexibility index (Phi) is 7.52. The van der Waals surface area contributed by atoms with Crippen LogP contribution in [0.2, 0.25) is 0 Å². The summed E-state index contributed by atoms with van der Waals surface area (Å²) in [4.78, 5) is 44.9. The molecule has 0 radical (unpaired) electrons. The molecule has 0 bridgehead atoms. The second kappa shape index (κ2) is 11.6. The zero-order valence-electron chi connectivity index (χ0n) is 22.4. The molecule has 6 rings (SSSR count). The first kappa shape index (κ1) is 27.9. The molecule has 1 unspecified atom stereocenters. The van der Waals surface area contributed by atoms with E-state index in [0.29, 0.717) is 34.3 Å². The average Bonchev–Trinajstić information content (AvgIpc) is 3.42. The van der Waals surface area contributed by atoms with Crippen molar-refractivity contribution < 1.29 is 18.4 Å². The third kappa shape index (κ3) is 5.64. The van der Waals surface area contributed by atoms with Gasteiger partial charge in [0.2, 0.25) is 5.95 Å². The number of nitrogens with one attached hydrogen (secondary N) is 2. The number of hydrogen-bond donors (Lipinski definition) is 2. The number of hydrogen-bond acceptors (Lipinski definition) is 9. The number of aliphatic imine (C=N–C) groups is 1. The van der Waals surface area contributed by atoms with E-state index in [0.717, 1.165) is 12.4 Å². The van der Waals surface area contributed by atoms with Gasteiger partial charge in [-0.15, -0.1) is 0 Å². The van der Waals surface area contributed by atoms with Gasteiger partial charge in [0.25, 0.3) is 11.8 Å². The van der Waals surface area contributed by atoms with Gasteiger partial charge in [-0.2, -0.15) is 5.26 Å². The van der Waals surface area contributed by atoms with E-state index < -0.39 is 23.1 Å². The van der Waals surface area contributed by atoms with Crippen LogP contribution in [0.25, 0.3) is 0 Å². The summed E-state index contributed by atoms with van der Waals surface area (Å²) in [6.45, 7) is 0.535. The largest absolute Gasteiger partial charge is 0.338 e. The van der Waals surface area contributed by atoms with E-state index in [1.807, 2.05) is 11.0 Å². The number of fused-ring (bicyclic) bond motifs is 1. The van der Waals surface area contributed by atoms with Crippen LogP contribution in [0.4, 0.5) is 20.4 Å². The predicted octanol–water partition coefficient (Wildman–Crippen LogP) is 4.14. The SMILES string of the molecule is N#Cc1ccc(C(=O)Nc2ccc(F)c(C34CN(c5ncc(F)cn5)C[C@H]3CSC(NC(=O)c3ccccc3)=N4)c2)nc1. The molecule has 2 aliphatic heterocycles. The third-order valence-electron chi connectivity index (χ3n) is 7.23.